The first-order valence-electron chi connectivity index (χ1n) is 7.95. The maximum Gasteiger partial charge on any atom is 0.341 e. The van der Waals surface area contributed by atoms with Crippen LogP contribution in [0.5, 0.6) is 5.75 Å². The van der Waals surface area contributed by atoms with E-state index in [2.05, 4.69) is 5.32 Å². The maximum absolute atomic E-state index is 13.2. The van der Waals surface area contributed by atoms with Crippen molar-refractivity contribution < 1.29 is 23.1 Å². The Kier molecular flexibility index (Phi) is 4.95. The zero-order valence-electron chi connectivity index (χ0n) is 12.8. The van der Waals surface area contributed by atoms with Gasteiger partial charge in [0.15, 0.2) is 0 Å². The minimum Gasteiger partial charge on any atom is -0.488 e. The largest absolute Gasteiger partial charge is 0.488 e. The van der Waals surface area contributed by atoms with E-state index in [1.165, 1.54) is 5.06 Å². The summed E-state index contributed by atoms with van der Waals surface area (Å²) in [5, 5.41) is 4.23. The number of nitrogens with one attached hydrogen (secondary N) is 1. The third-order valence-electron chi connectivity index (χ3n) is 4.11. The molecule has 1 aliphatic carbocycles. The molecule has 1 saturated heterocycles. The van der Waals surface area contributed by atoms with Crippen LogP contribution in [-0.4, -0.2) is 36.4 Å². The highest BCUT2D eigenvalue weighted by molar-refractivity contribution is 5.73. The predicted octanol–water partition coefficient (Wildman–Crippen LogP) is 3.00. The van der Waals surface area contributed by atoms with Gasteiger partial charge in [-0.2, -0.15) is 0 Å². The molecule has 0 spiro atoms. The highest BCUT2D eigenvalue weighted by Crippen LogP contribution is 2.26. The van der Waals surface area contributed by atoms with Crippen LogP contribution in [0, 0.1) is 11.6 Å². The molecule has 126 valence electrons. The summed E-state index contributed by atoms with van der Waals surface area (Å²) in [5.41, 5.74) is 0. The van der Waals surface area contributed by atoms with Gasteiger partial charge in [-0.05, 0) is 32.1 Å². The molecule has 0 unspecified atom stereocenters. The summed E-state index contributed by atoms with van der Waals surface area (Å²) in [6.07, 6.45) is 3.94. The summed E-state index contributed by atoms with van der Waals surface area (Å²) in [5.74, 6) is -1.22. The molecule has 0 radical (unpaired) electrons. The van der Waals surface area contributed by atoms with Crippen molar-refractivity contribution >= 4 is 6.03 Å². The minimum absolute atomic E-state index is 0.142. The van der Waals surface area contributed by atoms with Gasteiger partial charge in [0.05, 0.1) is 19.2 Å². The maximum atomic E-state index is 13.2. The Hall–Kier alpha value is -1.89. The zero-order valence-corrected chi connectivity index (χ0v) is 12.8. The average molecular weight is 326 g/mol. The number of carbonyl (C=O) groups excluding carboxylic acids is 1. The number of carbonyl (C=O) groups is 1. The number of nitrogens with zero attached hydrogens (tertiary/aromatic N) is 1. The van der Waals surface area contributed by atoms with Crippen LogP contribution in [0.1, 0.15) is 32.1 Å². The van der Waals surface area contributed by atoms with Crippen molar-refractivity contribution in [2.75, 3.05) is 13.2 Å². The van der Waals surface area contributed by atoms with Crippen LogP contribution < -0.4 is 10.1 Å². The molecule has 1 aliphatic heterocycles. The standard InChI is InChI=1S/C16H20F2N2O3/c17-11-8-12(18)10-13(9-11)23-15-5-3-4-14(15)19-16(21)20-6-1-2-7-22-20/h8-10,14-15H,1-7H2,(H,19,21)/t14-,15+/m0/s1. The number of benzene rings is 1. The van der Waals surface area contributed by atoms with Gasteiger partial charge in [-0.1, -0.05) is 0 Å². The second-order valence-electron chi connectivity index (χ2n) is 5.89. The van der Waals surface area contributed by atoms with Gasteiger partial charge in [0.25, 0.3) is 0 Å². The van der Waals surface area contributed by atoms with Crippen molar-refractivity contribution in [3.63, 3.8) is 0 Å². The molecule has 2 aliphatic rings. The van der Waals surface area contributed by atoms with Crippen molar-refractivity contribution in [1.29, 1.82) is 0 Å². The fraction of sp³-hybridized carbons (Fsp3) is 0.562. The molecular weight excluding hydrogens is 306 g/mol. The fourth-order valence-electron chi connectivity index (χ4n) is 2.99. The molecule has 2 atom stereocenters. The Balaban J connectivity index is 1.59. The molecule has 1 N–H and O–H groups in total. The lowest BCUT2D eigenvalue weighted by Crippen LogP contribution is -2.49. The number of hydroxylamine groups is 2. The van der Waals surface area contributed by atoms with Crippen LogP contribution in [0.25, 0.3) is 0 Å². The van der Waals surface area contributed by atoms with E-state index in [1.807, 2.05) is 0 Å². The van der Waals surface area contributed by atoms with Crippen LogP contribution in [0.2, 0.25) is 0 Å². The molecule has 2 fully saturated rings. The number of urea groups is 1. The van der Waals surface area contributed by atoms with Crippen molar-refractivity contribution in [2.24, 2.45) is 0 Å². The van der Waals surface area contributed by atoms with Gasteiger partial charge in [-0.15, -0.1) is 0 Å². The SMILES string of the molecule is O=C(N[C@H]1CCC[C@H]1Oc1cc(F)cc(F)c1)N1CCCCO1. The molecule has 23 heavy (non-hydrogen) atoms. The first-order valence-corrected chi connectivity index (χ1v) is 7.95. The van der Waals surface area contributed by atoms with E-state index in [9.17, 15) is 13.6 Å². The quantitative estimate of drug-likeness (QED) is 0.929. The molecule has 7 heteroatoms. The summed E-state index contributed by atoms with van der Waals surface area (Å²) in [6.45, 7) is 1.11. The van der Waals surface area contributed by atoms with Crippen molar-refractivity contribution in [1.82, 2.24) is 10.4 Å². The average Bonchev–Trinajstić information content (AvgIpc) is 2.94. The molecule has 0 bridgehead atoms. The highest BCUT2D eigenvalue weighted by Gasteiger charge is 2.32. The lowest BCUT2D eigenvalue weighted by Gasteiger charge is -2.29. The fourth-order valence-corrected chi connectivity index (χ4v) is 2.99. The molecule has 1 saturated carbocycles. The summed E-state index contributed by atoms with van der Waals surface area (Å²) < 4.78 is 32.2. The van der Waals surface area contributed by atoms with E-state index in [0.29, 0.717) is 13.2 Å². The first kappa shape index (κ1) is 16.0. The zero-order chi connectivity index (χ0) is 16.2. The number of amides is 2. The molecule has 1 aromatic carbocycles. The summed E-state index contributed by atoms with van der Waals surface area (Å²) >= 11 is 0. The molecule has 0 aromatic heterocycles. The second kappa shape index (κ2) is 7.12. The number of ether oxygens (including phenoxy) is 1. The normalized spacial score (nSPS) is 24.5. The molecule has 1 heterocycles. The Labute approximate surface area is 133 Å². The van der Waals surface area contributed by atoms with Gasteiger partial charge >= 0.3 is 6.03 Å². The van der Waals surface area contributed by atoms with E-state index >= 15 is 0 Å². The number of halogens is 2. The summed E-state index contributed by atoms with van der Waals surface area (Å²) in [4.78, 5) is 17.5. The molecule has 2 amide bonds. The Morgan fingerprint density at radius 3 is 2.65 bits per heavy atom. The van der Waals surface area contributed by atoms with Gasteiger partial charge in [0, 0.05) is 18.2 Å². The lowest BCUT2D eigenvalue weighted by atomic mass is 10.2. The number of hydrogen-bond donors (Lipinski definition) is 1. The van der Waals surface area contributed by atoms with Crippen molar-refractivity contribution in [3.8, 4) is 5.75 Å². The van der Waals surface area contributed by atoms with Gasteiger partial charge in [0.2, 0.25) is 0 Å². The highest BCUT2D eigenvalue weighted by atomic mass is 19.1. The van der Waals surface area contributed by atoms with Gasteiger partial charge in [0.1, 0.15) is 23.5 Å². The smallest absolute Gasteiger partial charge is 0.341 e. The topological polar surface area (TPSA) is 50.8 Å². The second-order valence-corrected chi connectivity index (χ2v) is 5.89. The van der Waals surface area contributed by atoms with Crippen LogP contribution >= 0.6 is 0 Å². The van der Waals surface area contributed by atoms with Crippen LogP contribution in [0.15, 0.2) is 18.2 Å². The molecule has 1 aromatic rings. The Morgan fingerprint density at radius 1 is 1.17 bits per heavy atom. The Bertz CT molecular complexity index is 544. The van der Waals surface area contributed by atoms with E-state index in [4.69, 9.17) is 9.57 Å². The van der Waals surface area contributed by atoms with E-state index < -0.39 is 11.6 Å². The Morgan fingerprint density at radius 2 is 1.96 bits per heavy atom. The minimum atomic E-state index is -0.680. The van der Waals surface area contributed by atoms with E-state index in [0.717, 1.165) is 50.3 Å². The third-order valence-corrected chi connectivity index (χ3v) is 4.11. The van der Waals surface area contributed by atoms with Crippen molar-refractivity contribution in [2.45, 2.75) is 44.2 Å². The third kappa shape index (κ3) is 4.10. The van der Waals surface area contributed by atoms with Gasteiger partial charge < -0.3 is 10.1 Å². The van der Waals surface area contributed by atoms with Crippen LogP contribution in [-0.2, 0) is 4.84 Å². The van der Waals surface area contributed by atoms with Crippen molar-refractivity contribution in [3.05, 3.63) is 29.8 Å². The lowest BCUT2D eigenvalue weighted by molar-refractivity contribution is -0.140. The van der Waals surface area contributed by atoms with E-state index in [1.54, 1.807) is 0 Å². The summed E-state index contributed by atoms with van der Waals surface area (Å²) in [6, 6.07) is 2.62. The molecule has 3 rings (SSSR count). The first-order chi connectivity index (χ1) is 11.1. The van der Waals surface area contributed by atoms with E-state index in [-0.39, 0.29) is 23.9 Å². The van der Waals surface area contributed by atoms with Gasteiger partial charge in [-0.3, -0.25) is 4.84 Å². The monoisotopic (exact) mass is 326 g/mol. The predicted molar refractivity (Wildman–Crippen MR) is 78.8 cm³/mol. The molecular formula is C16H20F2N2O3. The number of rotatable bonds is 3. The summed E-state index contributed by atoms with van der Waals surface area (Å²) in [7, 11) is 0. The molecule has 5 nitrogen and oxygen atoms in total. The number of hydrogen-bond acceptors (Lipinski definition) is 3. The van der Waals surface area contributed by atoms with Gasteiger partial charge in [-0.25, -0.2) is 18.6 Å². The van der Waals surface area contributed by atoms with Crippen LogP contribution in [0.3, 0.4) is 0 Å². The van der Waals surface area contributed by atoms with Crippen LogP contribution in [0.4, 0.5) is 13.6 Å².